The van der Waals surface area contributed by atoms with E-state index in [9.17, 15) is 0 Å². The number of rotatable bonds is 1. The fraction of sp³-hybridized carbons (Fsp3) is 0.0769. The lowest BCUT2D eigenvalue weighted by atomic mass is 10.2. The van der Waals surface area contributed by atoms with Crippen LogP contribution in [0.3, 0.4) is 0 Å². The van der Waals surface area contributed by atoms with Crippen molar-refractivity contribution in [2.75, 3.05) is 0 Å². The number of nitrogens with one attached hydrogen (secondary N) is 1. The fourth-order valence-corrected chi connectivity index (χ4v) is 2.34. The zero-order chi connectivity index (χ0) is 12.7. The van der Waals surface area contributed by atoms with Crippen molar-refractivity contribution >= 4 is 34.4 Å². The summed E-state index contributed by atoms with van der Waals surface area (Å²) in [5.74, 6) is 0.702. The Morgan fingerprint density at radius 2 is 2.00 bits per heavy atom. The van der Waals surface area contributed by atoms with Crippen LogP contribution in [0.15, 0.2) is 30.5 Å². The molecule has 0 aliphatic carbocycles. The largest absolute Gasteiger partial charge is 0.336 e. The molecule has 3 aromatic rings. The van der Waals surface area contributed by atoms with E-state index in [4.69, 9.17) is 23.2 Å². The number of pyridine rings is 1. The van der Waals surface area contributed by atoms with E-state index >= 15 is 0 Å². The highest BCUT2D eigenvalue weighted by Gasteiger charge is 2.10. The molecule has 2 heterocycles. The Bertz CT molecular complexity index is 734. The van der Waals surface area contributed by atoms with E-state index in [1.54, 1.807) is 18.3 Å². The average Bonchev–Trinajstić information content (AvgIpc) is 2.74. The van der Waals surface area contributed by atoms with Gasteiger partial charge < -0.3 is 4.98 Å². The van der Waals surface area contributed by atoms with Gasteiger partial charge in [0.05, 0.1) is 10.5 Å². The summed E-state index contributed by atoms with van der Waals surface area (Å²) in [6.07, 6.45) is 1.74. The molecule has 0 spiro atoms. The molecule has 0 saturated carbocycles. The minimum absolute atomic E-state index is 0.569. The van der Waals surface area contributed by atoms with Gasteiger partial charge in [-0.05, 0) is 36.8 Å². The lowest BCUT2D eigenvalue weighted by molar-refractivity contribution is 1.30. The molecule has 3 nitrogen and oxygen atoms in total. The molecule has 0 aliphatic rings. The molecule has 1 aromatic carbocycles. The van der Waals surface area contributed by atoms with Crippen molar-refractivity contribution < 1.29 is 0 Å². The lowest BCUT2D eigenvalue weighted by Gasteiger charge is -2.00. The highest BCUT2D eigenvalue weighted by Crippen LogP contribution is 2.29. The van der Waals surface area contributed by atoms with Crippen molar-refractivity contribution in [1.29, 1.82) is 0 Å². The summed E-state index contributed by atoms with van der Waals surface area (Å²) in [4.78, 5) is 11.9. The summed E-state index contributed by atoms with van der Waals surface area (Å²) in [5.41, 5.74) is 3.54. The van der Waals surface area contributed by atoms with Crippen LogP contribution in [0, 0.1) is 6.92 Å². The van der Waals surface area contributed by atoms with Crippen LogP contribution in [0.2, 0.25) is 10.0 Å². The van der Waals surface area contributed by atoms with Crippen LogP contribution in [0.25, 0.3) is 22.6 Å². The van der Waals surface area contributed by atoms with E-state index in [0.717, 1.165) is 16.6 Å². The summed E-state index contributed by atoms with van der Waals surface area (Å²) in [7, 11) is 0. The minimum Gasteiger partial charge on any atom is -0.336 e. The van der Waals surface area contributed by atoms with Gasteiger partial charge in [0.25, 0.3) is 0 Å². The van der Waals surface area contributed by atoms with Crippen LogP contribution >= 0.6 is 23.2 Å². The van der Waals surface area contributed by atoms with Crippen LogP contribution in [0.4, 0.5) is 0 Å². The van der Waals surface area contributed by atoms with Crippen LogP contribution < -0.4 is 0 Å². The van der Waals surface area contributed by atoms with Crippen molar-refractivity contribution in [2.45, 2.75) is 6.92 Å². The molecule has 0 saturated heterocycles. The number of halogens is 2. The molecule has 0 unspecified atom stereocenters. The number of nitrogens with zero attached hydrogens (tertiary/aromatic N) is 2. The molecule has 1 N–H and O–H groups in total. The number of fused-ring (bicyclic) bond motifs is 1. The van der Waals surface area contributed by atoms with E-state index < -0.39 is 0 Å². The number of aromatic nitrogens is 3. The smallest absolute Gasteiger partial charge is 0.178 e. The first-order chi connectivity index (χ1) is 8.65. The molecule has 0 fully saturated rings. The predicted octanol–water partition coefficient (Wildman–Crippen LogP) is 4.24. The number of H-pyrrole nitrogens is 1. The SMILES string of the molecule is Cc1ccnc2nc(-c3ccc(Cl)cc3Cl)[nH]c12. The van der Waals surface area contributed by atoms with E-state index in [2.05, 4.69) is 15.0 Å². The van der Waals surface area contributed by atoms with Crippen molar-refractivity contribution in [1.82, 2.24) is 15.0 Å². The molecule has 90 valence electrons. The van der Waals surface area contributed by atoms with Gasteiger partial charge >= 0.3 is 0 Å². The van der Waals surface area contributed by atoms with Crippen molar-refractivity contribution in [2.24, 2.45) is 0 Å². The Kier molecular flexibility index (Phi) is 2.73. The molecule has 0 atom stereocenters. The molecular formula is C13H9Cl2N3. The van der Waals surface area contributed by atoms with Gasteiger partial charge in [-0.2, -0.15) is 0 Å². The van der Waals surface area contributed by atoms with Crippen LogP contribution in [0.1, 0.15) is 5.56 Å². The third-order valence-corrected chi connectivity index (χ3v) is 3.33. The minimum atomic E-state index is 0.569. The monoisotopic (exact) mass is 277 g/mol. The first-order valence-corrected chi connectivity index (χ1v) is 6.17. The second-order valence-corrected chi connectivity index (χ2v) is 4.88. The van der Waals surface area contributed by atoms with Gasteiger partial charge in [0.1, 0.15) is 5.82 Å². The van der Waals surface area contributed by atoms with E-state index in [1.807, 2.05) is 19.1 Å². The first kappa shape index (κ1) is 11.5. The Labute approximate surface area is 114 Å². The lowest BCUT2D eigenvalue weighted by Crippen LogP contribution is -1.82. The van der Waals surface area contributed by atoms with Gasteiger partial charge in [-0.3, -0.25) is 0 Å². The Morgan fingerprint density at radius 3 is 2.72 bits per heavy atom. The predicted molar refractivity (Wildman–Crippen MR) is 74.1 cm³/mol. The summed E-state index contributed by atoms with van der Waals surface area (Å²) in [5, 5.41) is 1.17. The number of benzene rings is 1. The van der Waals surface area contributed by atoms with Gasteiger partial charge in [-0.15, -0.1) is 0 Å². The van der Waals surface area contributed by atoms with E-state index in [-0.39, 0.29) is 0 Å². The van der Waals surface area contributed by atoms with Gasteiger partial charge in [0.15, 0.2) is 5.65 Å². The average molecular weight is 278 g/mol. The zero-order valence-corrected chi connectivity index (χ0v) is 11.0. The first-order valence-electron chi connectivity index (χ1n) is 5.42. The van der Waals surface area contributed by atoms with Gasteiger partial charge in [0.2, 0.25) is 0 Å². The normalized spacial score (nSPS) is 11.1. The molecule has 0 bridgehead atoms. The standard InChI is InChI=1S/C13H9Cl2N3/c1-7-4-5-16-13-11(7)17-12(18-13)9-3-2-8(14)6-10(9)15/h2-6H,1H3,(H,16,17,18). The molecule has 0 aliphatic heterocycles. The van der Waals surface area contributed by atoms with Gasteiger partial charge in [-0.25, -0.2) is 9.97 Å². The molecule has 0 amide bonds. The molecule has 5 heteroatoms. The maximum absolute atomic E-state index is 6.17. The summed E-state index contributed by atoms with van der Waals surface area (Å²) in [6.45, 7) is 2.01. The highest BCUT2D eigenvalue weighted by atomic mass is 35.5. The van der Waals surface area contributed by atoms with Crippen molar-refractivity contribution in [3.8, 4) is 11.4 Å². The Balaban J connectivity index is 2.23. The van der Waals surface area contributed by atoms with Crippen LogP contribution in [0.5, 0.6) is 0 Å². The van der Waals surface area contributed by atoms with Crippen molar-refractivity contribution in [3.63, 3.8) is 0 Å². The second kappa shape index (κ2) is 4.26. The van der Waals surface area contributed by atoms with Crippen LogP contribution in [-0.4, -0.2) is 15.0 Å². The number of hydrogen-bond donors (Lipinski definition) is 1. The Hall–Kier alpha value is -1.58. The second-order valence-electron chi connectivity index (χ2n) is 4.04. The van der Waals surface area contributed by atoms with Gasteiger partial charge in [0, 0.05) is 16.8 Å². The molecule has 0 radical (unpaired) electrons. The van der Waals surface area contributed by atoms with Gasteiger partial charge in [-0.1, -0.05) is 23.2 Å². The summed E-state index contributed by atoms with van der Waals surface area (Å²) >= 11 is 12.0. The number of aromatic amines is 1. The number of hydrogen-bond acceptors (Lipinski definition) is 2. The van der Waals surface area contributed by atoms with E-state index in [0.29, 0.717) is 21.5 Å². The fourth-order valence-electron chi connectivity index (χ4n) is 1.84. The number of imidazole rings is 1. The van der Waals surface area contributed by atoms with E-state index in [1.165, 1.54) is 0 Å². The summed E-state index contributed by atoms with van der Waals surface area (Å²) < 4.78 is 0. The molecular weight excluding hydrogens is 269 g/mol. The summed E-state index contributed by atoms with van der Waals surface area (Å²) in [6, 6.07) is 7.27. The Morgan fingerprint density at radius 1 is 1.17 bits per heavy atom. The van der Waals surface area contributed by atoms with Crippen molar-refractivity contribution in [3.05, 3.63) is 46.1 Å². The highest BCUT2D eigenvalue weighted by molar-refractivity contribution is 6.36. The maximum atomic E-state index is 6.17. The maximum Gasteiger partial charge on any atom is 0.178 e. The molecule has 18 heavy (non-hydrogen) atoms. The third kappa shape index (κ3) is 1.85. The third-order valence-electron chi connectivity index (χ3n) is 2.79. The van der Waals surface area contributed by atoms with Crippen LogP contribution in [-0.2, 0) is 0 Å². The topological polar surface area (TPSA) is 41.6 Å². The zero-order valence-electron chi connectivity index (χ0n) is 9.54. The quantitative estimate of drug-likeness (QED) is 0.723. The molecule has 3 rings (SSSR count). The molecule has 2 aromatic heterocycles. The number of aryl methyl sites for hydroxylation is 1.